The average Bonchev–Trinajstić information content (AvgIpc) is 2.80. The van der Waals surface area contributed by atoms with E-state index >= 15 is 0 Å². The van der Waals surface area contributed by atoms with Crippen LogP contribution in [0.15, 0.2) is 17.5 Å². The van der Waals surface area contributed by atoms with E-state index in [1.54, 1.807) is 11.3 Å². The van der Waals surface area contributed by atoms with Gasteiger partial charge >= 0.3 is 0 Å². The minimum absolute atomic E-state index is 0.0857. The van der Waals surface area contributed by atoms with Crippen LogP contribution in [0.3, 0.4) is 0 Å². The Kier molecular flexibility index (Phi) is 5.38. The van der Waals surface area contributed by atoms with Gasteiger partial charge in [-0.25, -0.2) is 9.37 Å². The van der Waals surface area contributed by atoms with E-state index in [-0.39, 0.29) is 11.1 Å². The number of benzene rings is 1. The predicted octanol–water partition coefficient (Wildman–Crippen LogP) is 4.79. The van der Waals surface area contributed by atoms with Gasteiger partial charge in [-0.2, -0.15) is 0 Å². The summed E-state index contributed by atoms with van der Waals surface area (Å²) in [6, 6.07) is 2.69. The Balaban J connectivity index is 1.98. The second kappa shape index (κ2) is 6.85. The van der Waals surface area contributed by atoms with Crippen molar-refractivity contribution in [2.75, 3.05) is 6.54 Å². The van der Waals surface area contributed by atoms with Crippen molar-refractivity contribution in [3.05, 3.63) is 49.6 Å². The molecule has 6 heteroatoms. The van der Waals surface area contributed by atoms with Crippen molar-refractivity contribution in [2.24, 2.45) is 0 Å². The average molecular weight is 333 g/mol. The maximum Gasteiger partial charge on any atom is 0.142 e. The Bertz CT molecular complexity index is 601. The zero-order valence-electron chi connectivity index (χ0n) is 11.2. The molecule has 0 aliphatic heterocycles. The molecule has 0 saturated carbocycles. The van der Waals surface area contributed by atoms with Gasteiger partial charge in [0.1, 0.15) is 5.82 Å². The van der Waals surface area contributed by atoms with Gasteiger partial charge in [-0.15, -0.1) is 11.3 Å². The lowest BCUT2D eigenvalue weighted by Gasteiger charge is -2.17. The summed E-state index contributed by atoms with van der Waals surface area (Å²) in [6.45, 7) is 4.62. The summed E-state index contributed by atoms with van der Waals surface area (Å²) in [4.78, 5) is 4.40. The van der Waals surface area contributed by atoms with Crippen molar-refractivity contribution in [3.8, 4) is 0 Å². The van der Waals surface area contributed by atoms with E-state index in [2.05, 4.69) is 10.3 Å². The molecule has 0 spiro atoms. The lowest BCUT2D eigenvalue weighted by molar-refractivity contribution is 0.567. The largest absolute Gasteiger partial charge is 0.310 e. The summed E-state index contributed by atoms with van der Waals surface area (Å²) in [5, 5.41) is 6.96. The monoisotopic (exact) mass is 332 g/mol. The van der Waals surface area contributed by atoms with Crippen LogP contribution in [0, 0.1) is 12.7 Å². The van der Waals surface area contributed by atoms with Gasteiger partial charge < -0.3 is 5.32 Å². The van der Waals surface area contributed by atoms with Crippen LogP contribution >= 0.6 is 34.5 Å². The fourth-order valence-electron chi connectivity index (χ4n) is 1.95. The molecule has 2 nitrogen and oxygen atoms in total. The van der Waals surface area contributed by atoms with Gasteiger partial charge in [0.05, 0.1) is 10.0 Å². The predicted molar refractivity (Wildman–Crippen MR) is 83.4 cm³/mol. The first kappa shape index (κ1) is 15.7. The minimum atomic E-state index is -0.449. The van der Waals surface area contributed by atoms with Crippen LogP contribution < -0.4 is 5.32 Å². The van der Waals surface area contributed by atoms with Gasteiger partial charge in [-0.3, -0.25) is 0 Å². The van der Waals surface area contributed by atoms with Crippen LogP contribution in [-0.4, -0.2) is 11.5 Å². The first-order valence-corrected chi connectivity index (χ1v) is 7.90. The van der Waals surface area contributed by atoms with Gasteiger partial charge in [0.2, 0.25) is 0 Å². The summed E-state index contributed by atoms with van der Waals surface area (Å²) < 4.78 is 13.5. The SMILES string of the molecule is Cc1csc(CCNC(C)c2c(Cl)ccc(F)c2Cl)n1. The van der Waals surface area contributed by atoms with Gasteiger partial charge in [0.15, 0.2) is 0 Å². The zero-order chi connectivity index (χ0) is 14.7. The van der Waals surface area contributed by atoms with Crippen molar-refractivity contribution >= 4 is 34.5 Å². The maximum atomic E-state index is 13.5. The highest BCUT2D eigenvalue weighted by molar-refractivity contribution is 7.09. The lowest BCUT2D eigenvalue weighted by atomic mass is 10.1. The molecule has 1 aromatic carbocycles. The van der Waals surface area contributed by atoms with Gasteiger partial charge in [0, 0.05) is 40.7 Å². The molecule has 1 heterocycles. The van der Waals surface area contributed by atoms with Crippen LogP contribution in [-0.2, 0) is 6.42 Å². The number of nitrogens with zero attached hydrogens (tertiary/aromatic N) is 1. The fourth-order valence-corrected chi connectivity index (χ4v) is 3.43. The fraction of sp³-hybridized carbons (Fsp3) is 0.357. The molecular formula is C14H15Cl2FN2S. The molecule has 20 heavy (non-hydrogen) atoms. The Hall–Kier alpha value is -0.680. The minimum Gasteiger partial charge on any atom is -0.310 e. The first-order chi connectivity index (χ1) is 9.49. The van der Waals surface area contributed by atoms with Gasteiger partial charge in [-0.1, -0.05) is 23.2 Å². The number of hydrogen-bond donors (Lipinski definition) is 1. The maximum absolute atomic E-state index is 13.5. The Labute approximate surface area is 131 Å². The van der Waals surface area contributed by atoms with Crippen molar-refractivity contribution in [1.29, 1.82) is 0 Å². The number of nitrogens with one attached hydrogen (secondary N) is 1. The molecule has 0 aliphatic rings. The summed E-state index contributed by atoms with van der Waals surface area (Å²) in [5.41, 5.74) is 1.64. The van der Waals surface area contributed by atoms with E-state index in [1.807, 2.05) is 19.2 Å². The Morgan fingerprint density at radius 2 is 2.15 bits per heavy atom. The topological polar surface area (TPSA) is 24.9 Å². The molecule has 0 radical (unpaired) electrons. The summed E-state index contributed by atoms with van der Waals surface area (Å²) in [6.07, 6.45) is 0.827. The zero-order valence-corrected chi connectivity index (χ0v) is 13.5. The molecule has 0 amide bonds. The quantitative estimate of drug-likeness (QED) is 0.796. The molecular weight excluding hydrogens is 318 g/mol. The molecule has 1 N–H and O–H groups in total. The van der Waals surface area contributed by atoms with E-state index in [4.69, 9.17) is 23.2 Å². The summed E-state index contributed by atoms with van der Waals surface area (Å²) >= 11 is 13.7. The highest BCUT2D eigenvalue weighted by Crippen LogP contribution is 2.32. The molecule has 0 bridgehead atoms. The second-order valence-corrected chi connectivity index (χ2v) is 6.29. The van der Waals surface area contributed by atoms with E-state index < -0.39 is 5.82 Å². The number of rotatable bonds is 5. The van der Waals surface area contributed by atoms with Crippen molar-refractivity contribution in [1.82, 2.24) is 10.3 Å². The van der Waals surface area contributed by atoms with E-state index in [9.17, 15) is 4.39 Å². The molecule has 108 valence electrons. The summed E-state index contributed by atoms with van der Waals surface area (Å²) in [7, 11) is 0. The van der Waals surface area contributed by atoms with Crippen LogP contribution in [0.25, 0.3) is 0 Å². The second-order valence-electron chi connectivity index (χ2n) is 4.57. The normalized spacial score (nSPS) is 12.7. The number of halogens is 3. The smallest absolute Gasteiger partial charge is 0.142 e. The summed E-state index contributed by atoms with van der Waals surface area (Å²) in [5.74, 6) is -0.449. The van der Waals surface area contributed by atoms with Crippen LogP contribution in [0.2, 0.25) is 10.0 Å². The van der Waals surface area contributed by atoms with Gasteiger partial charge in [-0.05, 0) is 26.0 Å². The van der Waals surface area contributed by atoms with Crippen LogP contribution in [0.4, 0.5) is 4.39 Å². The number of aromatic nitrogens is 1. The number of aryl methyl sites for hydroxylation is 1. The highest BCUT2D eigenvalue weighted by Gasteiger charge is 2.16. The third kappa shape index (κ3) is 3.70. The molecule has 0 saturated heterocycles. The van der Waals surface area contributed by atoms with Crippen LogP contribution in [0.1, 0.15) is 29.2 Å². The highest BCUT2D eigenvalue weighted by atomic mass is 35.5. The van der Waals surface area contributed by atoms with E-state index in [1.165, 1.54) is 12.1 Å². The van der Waals surface area contributed by atoms with Crippen molar-refractivity contribution in [3.63, 3.8) is 0 Å². The molecule has 2 rings (SSSR count). The van der Waals surface area contributed by atoms with Crippen LogP contribution in [0.5, 0.6) is 0 Å². The Morgan fingerprint density at radius 3 is 2.80 bits per heavy atom. The Morgan fingerprint density at radius 1 is 1.40 bits per heavy atom. The molecule has 0 fully saturated rings. The third-order valence-corrected chi connectivity index (χ3v) is 4.71. The molecule has 2 aromatic rings. The standard InChI is InChI=1S/C14H15Cl2FN2S/c1-8-7-20-12(19-8)5-6-18-9(2)13-10(15)3-4-11(17)14(13)16/h3-4,7,9,18H,5-6H2,1-2H3. The number of thiazole rings is 1. The van der Waals surface area contributed by atoms with E-state index in [0.717, 1.165) is 23.7 Å². The van der Waals surface area contributed by atoms with Crippen molar-refractivity contribution in [2.45, 2.75) is 26.3 Å². The lowest BCUT2D eigenvalue weighted by Crippen LogP contribution is -2.22. The molecule has 1 atom stereocenters. The molecule has 1 aromatic heterocycles. The van der Waals surface area contributed by atoms with Gasteiger partial charge in [0.25, 0.3) is 0 Å². The molecule has 0 aliphatic carbocycles. The third-order valence-electron chi connectivity index (χ3n) is 2.97. The molecule has 1 unspecified atom stereocenters. The number of hydrogen-bond acceptors (Lipinski definition) is 3. The first-order valence-electron chi connectivity index (χ1n) is 6.27. The van der Waals surface area contributed by atoms with Crippen molar-refractivity contribution < 1.29 is 4.39 Å². The van der Waals surface area contributed by atoms with E-state index in [0.29, 0.717) is 10.6 Å².